The molecule has 0 amide bonds. The zero-order valence-corrected chi connectivity index (χ0v) is 11.4. The molecule has 4 heteroatoms. The predicted molar refractivity (Wildman–Crippen MR) is 78.5 cm³/mol. The molecular weight excluding hydrogens is 240 g/mol. The topological polar surface area (TPSA) is 47.7 Å². The maximum absolute atomic E-state index is 5.80. The number of anilines is 3. The van der Waals surface area contributed by atoms with Crippen molar-refractivity contribution in [3.05, 3.63) is 42.5 Å². The molecule has 0 heterocycles. The Morgan fingerprint density at radius 2 is 1.58 bits per heavy atom. The second kappa shape index (κ2) is 5.52. The van der Waals surface area contributed by atoms with E-state index in [1.165, 1.54) is 0 Å². The molecule has 0 bridgehead atoms. The molecular formula is C15H18N2O2. The molecule has 0 aromatic heterocycles. The molecule has 0 aliphatic heterocycles. The van der Waals surface area contributed by atoms with E-state index in [-0.39, 0.29) is 0 Å². The minimum atomic E-state index is 0.704. The van der Waals surface area contributed by atoms with E-state index in [1.807, 2.05) is 54.4 Å². The molecule has 0 aliphatic rings. The van der Waals surface area contributed by atoms with Gasteiger partial charge in [0, 0.05) is 30.2 Å². The molecule has 100 valence electrons. The molecule has 2 aromatic carbocycles. The molecule has 0 spiro atoms. The van der Waals surface area contributed by atoms with Crippen LogP contribution in [-0.4, -0.2) is 21.3 Å². The second-order valence-corrected chi connectivity index (χ2v) is 4.19. The molecule has 2 N–H and O–H groups in total. The smallest absolute Gasteiger partial charge is 0.162 e. The van der Waals surface area contributed by atoms with Crippen LogP contribution in [0.5, 0.6) is 11.5 Å². The molecule has 4 nitrogen and oxygen atoms in total. The highest BCUT2D eigenvalue weighted by molar-refractivity contribution is 5.68. The molecule has 0 saturated heterocycles. The number of nitrogen functional groups attached to an aromatic ring is 1. The van der Waals surface area contributed by atoms with Crippen LogP contribution in [0.15, 0.2) is 42.5 Å². The highest BCUT2D eigenvalue weighted by Gasteiger charge is 2.09. The monoisotopic (exact) mass is 258 g/mol. The fraction of sp³-hybridized carbons (Fsp3) is 0.200. The standard InChI is InChI=1S/C15H18N2O2/c1-17(12-6-4-5-11(16)9-12)13-7-8-14(18-2)15(10-13)19-3/h4-10H,16H2,1-3H3. The highest BCUT2D eigenvalue weighted by Crippen LogP contribution is 2.33. The summed E-state index contributed by atoms with van der Waals surface area (Å²) in [5, 5.41) is 0. The van der Waals surface area contributed by atoms with Crippen LogP contribution in [0.3, 0.4) is 0 Å². The summed E-state index contributed by atoms with van der Waals surface area (Å²) in [7, 11) is 5.23. The Morgan fingerprint density at radius 3 is 2.21 bits per heavy atom. The molecule has 0 unspecified atom stereocenters. The molecule has 0 fully saturated rings. The van der Waals surface area contributed by atoms with Crippen LogP contribution in [0.1, 0.15) is 0 Å². The summed E-state index contributed by atoms with van der Waals surface area (Å²) in [6.45, 7) is 0. The van der Waals surface area contributed by atoms with Gasteiger partial charge in [-0.15, -0.1) is 0 Å². The first-order valence-electron chi connectivity index (χ1n) is 5.97. The van der Waals surface area contributed by atoms with Crippen LogP contribution < -0.4 is 20.1 Å². The van der Waals surface area contributed by atoms with Crippen molar-refractivity contribution in [3.63, 3.8) is 0 Å². The Hall–Kier alpha value is -2.36. The van der Waals surface area contributed by atoms with Crippen molar-refractivity contribution in [2.75, 3.05) is 31.9 Å². The molecule has 0 atom stereocenters. The first-order valence-corrected chi connectivity index (χ1v) is 5.97. The van der Waals surface area contributed by atoms with Gasteiger partial charge >= 0.3 is 0 Å². The van der Waals surface area contributed by atoms with E-state index in [0.717, 1.165) is 17.1 Å². The second-order valence-electron chi connectivity index (χ2n) is 4.19. The van der Waals surface area contributed by atoms with E-state index in [2.05, 4.69) is 0 Å². The zero-order chi connectivity index (χ0) is 13.8. The first-order chi connectivity index (χ1) is 9.15. The summed E-state index contributed by atoms with van der Waals surface area (Å²) >= 11 is 0. The van der Waals surface area contributed by atoms with E-state index in [9.17, 15) is 0 Å². The fourth-order valence-electron chi connectivity index (χ4n) is 1.92. The van der Waals surface area contributed by atoms with Gasteiger partial charge in [-0.25, -0.2) is 0 Å². The van der Waals surface area contributed by atoms with Crippen molar-refractivity contribution in [1.82, 2.24) is 0 Å². The van der Waals surface area contributed by atoms with Gasteiger partial charge < -0.3 is 20.1 Å². The fourth-order valence-corrected chi connectivity index (χ4v) is 1.92. The number of hydrogen-bond acceptors (Lipinski definition) is 4. The Kier molecular flexibility index (Phi) is 3.80. The largest absolute Gasteiger partial charge is 0.493 e. The van der Waals surface area contributed by atoms with Crippen LogP contribution in [0.2, 0.25) is 0 Å². The molecule has 0 radical (unpaired) electrons. The van der Waals surface area contributed by atoms with Gasteiger partial charge in [-0.3, -0.25) is 0 Å². The van der Waals surface area contributed by atoms with Crippen LogP contribution in [-0.2, 0) is 0 Å². The lowest BCUT2D eigenvalue weighted by molar-refractivity contribution is 0.355. The first kappa shape index (κ1) is 13.1. The third-order valence-corrected chi connectivity index (χ3v) is 3.01. The minimum Gasteiger partial charge on any atom is -0.493 e. The van der Waals surface area contributed by atoms with E-state index < -0.39 is 0 Å². The average Bonchev–Trinajstić information content (AvgIpc) is 2.45. The Balaban J connectivity index is 2.36. The Bertz CT molecular complexity index is 570. The summed E-state index contributed by atoms with van der Waals surface area (Å²) in [4.78, 5) is 2.04. The van der Waals surface area contributed by atoms with Crippen LogP contribution in [0, 0.1) is 0 Å². The number of hydrogen-bond donors (Lipinski definition) is 1. The van der Waals surface area contributed by atoms with Gasteiger partial charge in [-0.1, -0.05) is 6.07 Å². The van der Waals surface area contributed by atoms with Crippen LogP contribution in [0.25, 0.3) is 0 Å². The van der Waals surface area contributed by atoms with Crippen molar-refractivity contribution >= 4 is 17.1 Å². The average molecular weight is 258 g/mol. The number of methoxy groups -OCH3 is 2. The van der Waals surface area contributed by atoms with Gasteiger partial charge in [0.25, 0.3) is 0 Å². The third kappa shape index (κ3) is 2.73. The van der Waals surface area contributed by atoms with E-state index in [0.29, 0.717) is 11.5 Å². The van der Waals surface area contributed by atoms with E-state index in [1.54, 1.807) is 14.2 Å². The SMILES string of the molecule is COc1ccc(N(C)c2cccc(N)c2)cc1OC. The number of rotatable bonds is 4. The quantitative estimate of drug-likeness (QED) is 0.856. The normalized spacial score (nSPS) is 10.1. The van der Waals surface area contributed by atoms with Crippen LogP contribution in [0.4, 0.5) is 17.1 Å². The summed E-state index contributed by atoms with van der Waals surface area (Å²) < 4.78 is 10.5. The molecule has 0 aliphatic carbocycles. The predicted octanol–water partition coefficient (Wildman–Crippen LogP) is 3.05. The molecule has 2 aromatic rings. The van der Waals surface area contributed by atoms with Crippen molar-refractivity contribution in [1.29, 1.82) is 0 Å². The summed E-state index contributed by atoms with van der Waals surface area (Å²) in [5.74, 6) is 1.42. The van der Waals surface area contributed by atoms with Crippen molar-refractivity contribution in [2.45, 2.75) is 0 Å². The van der Waals surface area contributed by atoms with Gasteiger partial charge in [-0.2, -0.15) is 0 Å². The van der Waals surface area contributed by atoms with E-state index in [4.69, 9.17) is 15.2 Å². The lowest BCUT2D eigenvalue weighted by Gasteiger charge is -2.21. The molecule has 2 rings (SSSR count). The van der Waals surface area contributed by atoms with Crippen LogP contribution >= 0.6 is 0 Å². The summed E-state index contributed by atoms with van der Waals surface area (Å²) in [6, 6.07) is 13.5. The number of ether oxygens (including phenoxy) is 2. The number of nitrogens with zero attached hydrogens (tertiary/aromatic N) is 1. The Labute approximate surface area is 113 Å². The number of benzene rings is 2. The van der Waals surface area contributed by atoms with Crippen molar-refractivity contribution in [2.24, 2.45) is 0 Å². The van der Waals surface area contributed by atoms with Gasteiger partial charge in [0.1, 0.15) is 0 Å². The minimum absolute atomic E-state index is 0.704. The highest BCUT2D eigenvalue weighted by atomic mass is 16.5. The lowest BCUT2D eigenvalue weighted by Crippen LogP contribution is -2.09. The maximum atomic E-state index is 5.80. The van der Waals surface area contributed by atoms with Gasteiger partial charge in [0.15, 0.2) is 11.5 Å². The third-order valence-electron chi connectivity index (χ3n) is 3.01. The summed E-state index contributed by atoms with van der Waals surface area (Å²) in [5.41, 5.74) is 8.57. The Morgan fingerprint density at radius 1 is 0.895 bits per heavy atom. The van der Waals surface area contributed by atoms with Gasteiger partial charge in [0.2, 0.25) is 0 Å². The molecule has 19 heavy (non-hydrogen) atoms. The van der Waals surface area contributed by atoms with E-state index >= 15 is 0 Å². The van der Waals surface area contributed by atoms with Crippen molar-refractivity contribution < 1.29 is 9.47 Å². The number of nitrogens with two attached hydrogens (primary N) is 1. The lowest BCUT2D eigenvalue weighted by atomic mass is 10.2. The van der Waals surface area contributed by atoms with Gasteiger partial charge in [-0.05, 0) is 30.3 Å². The summed E-state index contributed by atoms with van der Waals surface area (Å²) in [6.07, 6.45) is 0. The zero-order valence-electron chi connectivity index (χ0n) is 11.4. The van der Waals surface area contributed by atoms with Crippen molar-refractivity contribution in [3.8, 4) is 11.5 Å². The molecule has 0 saturated carbocycles. The van der Waals surface area contributed by atoms with Gasteiger partial charge in [0.05, 0.1) is 14.2 Å². The maximum Gasteiger partial charge on any atom is 0.162 e.